The van der Waals surface area contributed by atoms with Crippen molar-refractivity contribution in [2.75, 3.05) is 17.8 Å². The number of rotatable bonds is 18. The van der Waals surface area contributed by atoms with E-state index in [1.165, 1.54) is 76.3 Å². The van der Waals surface area contributed by atoms with Crippen LogP contribution in [0.2, 0.25) is 0 Å². The minimum Gasteiger partial charge on any atom is -0.494 e. The molecule has 202 valence electrons. The molecule has 0 aromatic heterocycles. The first kappa shape index (κ1) is 29.2. The van der Waals surface area contributed by atoms with Crippen molar-refractivity contribution in [1.82, 2.24) is 4.90 Å². The highest BCUT2D eigenvalue weighted by Crippen LogP contribution is 2.26. The monoisotopic (exact) mass is 522 g/mol. The Hall–Kier alpha value is -2.40. The highest BCUT2D eigenvalue weighted by Gasteiger charge is 2.17. The van der Waals surface area contributed by atoms with Gasteiger partial charge in [-0.1, -0.05) is 102 Å². The minimum absolute atomic E-state index is 0.0813. The Kier molecular flexibility index (Phi) is 13.5. The number of allylic oxidation sites excluding steroid dienone is 1. The van der Waals surface area contributed by atoms with E-state index in [4.69, 9.17) is 4.74 Å². The molecule has 0 fully saturated rings. The smallest absolute Gasteiger partial charge is 0.256 e. The van der Waals surface area contributed by atoms with Crippen LogP contribution < -0.4 is 10.1 Å². The third kappa shape index (κ3) is 10.9. The van der Waals surface area contributed by atoms with Crippen LogP contribution in [-0.4, -0.2) is 23.3 Å². The van der Waals surface area contributed by atoms with Gasteiger partial charge in [0.05, 0.1) is 12.5 Å². The fourth-order valence-corrected chi connectivity index (χ4v) is 5.61. The van der Waals surface area contributed by atoms with E-state index in [0.29, 0.717) is 0 Å². The Morgan fingerprint density at radius 2 is 1.57 bits per heavy atom. The summed E-state index contributed by atoms with van der Waals surface area (Å²) in [5.74, 6) is 1.66. The van der Waals surface area contributed by atoms with Crippen molar-refractivity contribution in [3.63, 3.8) is 0 Å². The summed E-state index contributed by atoms with van der Waals surface area (Å²) in [6.45, 7) is 5.85. The van der Waals surface area contributed by atoms with Crippen molar-refractivity contribution < 1.29 is 9.53 Å². The fourth-order valence-electron chi connectivity index (χ4n) is 4.67. The number of carbonyl (C=O) groups excluding carboxylic acids is 1. The van der Waals surface area contributed by atoms with Crippen molar-refractivity contribution in [2.24, 2.45) is 0 Å². The molecule has 0 unspecified atom stereocenters. The topological polar surface area (TPSA) is 41.6 Å². The van der Waals surface area contributed by atoms with Crippen LogP contribution in [0, 0.1) is 0 Å². The number of amides is 1. The number of ether oxygens (including phenoxy) is 1. The summed E-state index contributed by atoms with van der Waals surface area (Å²) in [6, 6.07) is 15.6. The van der Waals surface area contributed by atoms with Crippen LogP contribution in [-0.2, 0) is 6.54 Å². The predicted octanol–water partition coefficient (Wildman–Crippen LogP) is 9.39. The lowest BCUT2D eigenvalue weighted by molar-refractivity contribution is 0.102. The van der Waals surface area contributed by atoms with Gasteiger partial charge in [-0.3, -0.25) is 4.79 Å². The number of thioether (sulfide) groups is 1. The zero-order valence-corrected chi connectivity index (χ0v) is 23.8. The maximum Gasteiger partial charge on any atom is 0.256 e. The van der Waals surface area contributed by atoms with Gasteiger partial charge in [0.1, 0.15) is 5.75 Å². The molecule has 0 spiro atoms. The second-order valence-electron chi connectivity index (χ2n) is 10.1. The Labute approximate surface area is 229 Å². The lowest BCUT2D eigenvalue weighted by Crippen LogP contribution is -2.21. The molecule has 1 heterocycles. The van der Waals surface area contributed by atoms with Crippen molar-refractivity contribution in [2.45, 2.75) is 97.4 Å². The van der Waals surface area contributed by atoms with E-state index in [2.05, 4.69) is 29.5 Å². The summed E-state index contributed by atoms with van der Waals surface area (Å²) >= 11 is 1.79. The van der Waals surface area contributed by atoms with Crippen LogP contribution in [0.3, 0.4) is 0 Å². The molecule has 3 rings (SSSR count). The number of hydrogen-bond acceptors (Lipinski definition) is 4. The summed E-state index contributed by atoms with van der Waals surface area (Å²) in [6.07, 6.45) is 16.0. The molecule has 0 saturated heterocycles. The molecule has 1 N–H and O–H groups in total. The van der Waals surface area contributed by atoms with Crippen LogP contribution in [0.4, 0.5) is 5.69 Å². The van der Waals surface area contributed by atoms with E-state index in [0.717, 1.165) is 48.0 Å². The average Bonchev–Trinajstić information content (AvgIpc) is 3.31. The summed E-state index contributed by atoms with van der Waals surface area (Å²) in [5.41, 5.74) is 3.77. The highest BCUT2D eigenvalue weighted by atomic mass is 32.2. The third-order valence-corrected chi connectivity index (χ3v) is 7.93. The van der Waals surface area contributed by atoms with Gasteiger partial charge < -0.3 is 15.0 Å². The highest BCUT2D eigenvalue weighted by molar-refractivity contribution is 8.02. The van der Waals surface area contributed by atoms with E-state index >= 15 is 0 Å². The van der Waals surface area contributed by atoms with E-state index in [1.807, 2.05) is 48.5 Å². The van der Waals surface area contributed by atoms with Crippen molar-refractivity contribution in [3.8, 4) is 5.75 Å². The first-order valence-electron chi connectivity index (χ1n) is 14.3. The molecule has 1 aliphatic heterocycles. The Morgan fingerprint density at radius 1 is 0.892 bits per heavy atom. The van der Waals surface area contributed by atoms with Gasteiger partial charge in [0.15, 0.2) is 0 Å². The number of benzene rings is 2. The van der Waals surface area contributed by atoms with E-state index in [1.54, 1.807) is 11.8 Å². The van der Waals surface area contributed by atoms with Gasteiger partial charge >= 0.3 is 0 Å². The maximum atomic E-state index is 13.1. The largest absolute Gasteiger partial charge is 0.494 e. The van der Waals surface area contributed by atoms with Crippen molar-refractivity contribution >= 4 is 23.4 Å². The molecule has 0 atom stereocenters. The molecule has 2 aromatic rings. The van der Waals surface area contributed by atoms with Crippen LogP contribution in [0.15, 0.2) is 59.6 Å². The van der Waals surface area contributed by atoms with Gasteiger partial charge in [-0.2, -0.15) is 0 Å². The number of unbranched alkanes of at least 4 members (excludes halogenated alkanes) is 11. The molecule has 5 heteroatoms. The Morgan fingerprint density at radius 3 is 2.24 bits per heavy atom. The molecule has 1 amide bonds. The molecule has 2 aromatic carbocycles. The van der Waals surface area contributed by atoms with Crippen molar-refractivity contribution in [1.29, 1.82) is 0 Å². The van der Waals surface area contributed by atoms with Crippen LogP contribution in [0.25, 0.3) is 0 Å². The average molecular weight is 523 g/mol. The number of anilines is 1. The molecule has 1 aliphatic rings. The predicted molar refractivity (Wildman–Crippen MR) is 159 cm³/mol. The zero-order valence-electron chi connectivity index (χ0n) is 23.0. The van der Waals surface area contributed by atoms with Gasteiger partial charge in [-0.05, 0) is 42.5 Å². The molecule has 0 radical (unpaired) electrons. The standard InChI is InChI=1S/C32H46N2O2S/c1-3-4-5-6-7-8-9-10-11-12-13-16-22-36-30-20-17-19-29(23-30)33-32(35)31-21-15-14-18-28(31)24-34-26-37-25-27(34)2/h14-15,17-21,23,25H,3-13,16,22,24,26H2,1-2H3,(H,33,35). The van der Waals surface area contributed by atoms with E-state index in [9.17, 15) is 4.79 Å². The zero-order chi connectivity index (χ0) is 26.1. The summed E-state index contributed by atoms with van der Waals surface area (Å²) in [7, 11) is 0. The van der Waals surface area contributed by atoms with E-state index < -0.39 is 0 Å². The van der Waals surface area contributed by atoms with Crippen LogP contribution >= 0.6 is 11.8 Å². The molecule has 37 heavy (non-hydrogen) atoms. The molecule has 0 bridgehead atoms. The van der Waals surface area contributed by atoms with E-state index in [-0.39, 0.29) is 5.91 Å². The first-order valence-corrected chi connectivity index (χ1v) is 15.4. The lowest BCUT2D eigenvalue weighted by atomic mass is 10.1. The third-order valence-electron chi connectivity index (χ3n) is 6.96. The second kappa shape index (κ2) is 17.2. The fraction of sp³-hybridized carbons (Fsp3) is 0.531. The Bertz CT molecular complexity index is 975. The number of nitrogens with one attached hydrogen (secondary N) is 1. The SMILES string of the molecule is CCCCCCCCCCCCCCOc1cccc(NC(=O)c2ccccc2CN2CSC=C2C)c1. The molecule has 4 nitrogen and oxygen atoms in total. The summed E-state index contributed by atoms with van der Waals surface area (Å²) < 4.78 is 5.98. The maximum absolute atomic E-state index is 13.1. The summed E-state index contributed by atoms with van der Waals surface area (Å²) in [4.78, 5) is 15.4. The van der Waals surface area contributed by atoms with Gasteiger partial charge in [-0.25, -0.2) is 0 Å². The summed E-state index contributed by atoms with van der Waals surface area (Å²) in [5, 5.41) is 5.24. The molecular formula is C32H46N2O2S. The van der Waals surface area contributed by atoms with Crippen LogP contribution in [0.5, 0.6) is 5.75 Å². The lowest BCUT2D eigenvalue weighted by Gasteiger charge is -2.21. The van der Waals surface area contributed by atoms with Crippen molar-refractivity contribution in [3.05, 3.63) is 70.8 Å². The molecule has 0 aliphatic carbocycles. The van der Waals surface area contributed by atoms with Gasteiger partial charge in [-0.15, -0.1) is 11.8 Å². The van der Waals surface area contributed by atoms with Gasteiger partial charge in [0.25, 0.3) is 5.91 Å². The first-order chi connectivity index (χ1) is 18.2. The van der Waals surface area contributed by atoms with Gasteiger partial charge in [0.2, 0.25) is 0 Å². The Balaban J connectivity index is 1.33. The quantitative estimate of drug-likeness (QED) is 0.198. The molecule has 0 saturated carbocycles. The van der Waals surface area contributed by atoms with Gasteiger partial charge in [0, 0.05) is 29.6 Å². The minimum atomic E-state index is -0.0813. The number of hydrogen-bond donors (Lipinski definition) is 1. The number of nitrogens with zero attached hydrogens (tertiary/aromatic N) is 1. The van der Waals surface area contributed by atoms with Crippen LogP contribution in [0.1, 0.15) is 107 Å². The molecular weight excluding hydrogens is 476 g/mol. The second-order valence-corrected chi connectivity index (χ2v) is 11.0. The normalized spacial score (nSPS) is 13.0. The number of carbonyl (C=O) groups is 1.